The standard InChI is InChI=1S/C27H35F3N2O3/c1-25-14-12-20-18(8-11-22-26(20,2)15-13-23(33)32(22)3)19(25)9-10-21(25)24(34)31-16-4-6-17(7-5-16)35-27(28,29)30/h4-7,18-22H,8-15H2,1-3H3,(H,31,34)/t18-,19-,20-,21+,22+,25-,26+/m0/s1. The lowest BCUT2D eigenvalue weighted by atomic mass is 9.47. The fourth-order valence-corrected chi connectivity index (χ4v) is 8.55. The van der Waals surface area contributed by atoms with E-state index >= 15 is 0 Å². The second-order valence-corrected chi connectivity index (χ2v) is 11.7. The average Bonchev–Trinajstić information content (AvgIpc) is 3.14. The number of anilines is 1. The first-order chi connectivity index (χ1) is 16.4. The van der Waals surface area contributed by atoms with Crippen LogP contribution in [0.1, 0.15) is 65.2 Å². The second kappa shape index (κ2) is 8.41. The third kappa shape index (κ3) is 4.10. The Morgan fingerprint density at radius 2 is 1.69 bits per heavy atom. The van der Waals surface area contributed by atoms with Gasteiger partial charge in [0.2, 0.25) is 11.8 Å². The van der Waals surface area contributed by atoms with Crippen LogP contribution in [0.5, 0.6) is 5.75 Å². The number of nitrogens with one attached hydrogen (secondary N) is 1. The van der Waals surface area contributed by atoms with E-state index in [2.05, 4.69) is 23.9 Å². The third-order valence-electron chi connectivity index (χ3n) is 10.2. The zero-order valence-electron chi connectivity index (χ0n) is 20.7. The van der Waals surface area contributed by atoms with Crippen LogP contribution in [0.2, 0.25) is 0 Å². The molecule has 192 valence electrons. The van der Waals surface area contributed by atoms with Gasteiger partial charge in [0.05, 0.1) is 0 Å². The number of nitrogens with zero attached hydrogens (tertiary/aromatic N) is 1. The molecule has 1 saturated heterocycles. The van der Waals surface area contributed by atoms with E-state index < -0.39 is 6.36 Å². The SMILES string of the molecule is CN1C(=O)CC[C@]2(C)[C@H]3CC[C@]4(C)[C@@H](C(=O)Nc5ccc(OC(F)(F)F)cc5)CC[C@H]4[C@@H]3CC[C@@H]12. The molecule has 5 nitrogen and oxygen atoms in total. The maximum atomic E-state index is 13.4. The van der Waals surface area contributed by atoms with Crippen molar-refractivity contribution in [1.29, 1.82) is 0 Å². The number of halogens is 3. The normalized spacial score (nSPS) is 38.9. The minimum Gasteiger partial charge on any atom is -0.406 e. The molecule has 1 aromatic carbocycles. The summed E-state index contributed by atoms with van der Waals surface area (Å²) in [7, 11) is 1.97. The average molecular weight is 493 g/mol. The minimum atomic E-state index is -4.74. The maximum Gasteiger partial charge on any atom is 0.573 e. The number of hydrogen-bond acceptors (Lipinski definition) is 3. The number of ether oxygens (including phenoxy) is 1. The van der Waals surface area contributed by atoms with Crippen molar-refractivity contribution >= 4 is 17.5 Å². The van der Waals surface area contributed by atoms with Crippen molar-refractivity contribution in [3.8, 4) is 5.75 Å². The topological polar surface area (TPSA) is 58.6 Å². The van der Waals surface area contributed by atoms with Crippen LogP contribution in [0.25, 0.3) is 0 Å². The first-order valence-electron chi connectivity index (χ1n) is 12.8. The maximum absolute atomic E-state index is 13.4. The number of carbonyl (C=O) groups is 2. The Morgan fingerprint density at radius 3 is 2.37 bits per heavy atom. The monoisotopic (exact) mass is 492 g/mol. The van der Waals surface area contributed by atoms with Gasteiger partial charge in [-0.1, -0.05) is 13.8 Å². The smallest absolute Gasteiger partial charge is 0.406 e. The summed E-state index contributed by atoms with van der Waals surface area (Å²) in [5, 5.41) is 2.95. The van der Waals surface area contributed by atoms with Crippen molar-refractivity contribution in [2.24, 2.45) is 34.5 Å². The molecule has 4 aliphatic rings. The molecule has 35 heavy (non-hydrogen) atoms. The molecule has 8 heteroatoms. The van der Waals surface area contributed by atoms with Gasteiger partial charge in [0.25, 0.3) is 0 Å². The summed E-state index contributed by atoms with van der Waals surface area (Å²) in [6.07, 6.45) is 2.95. The van der Waals surface area contributed by atoms with E-state index in [0.717, 1.165) is 44.9 Å². The van der Waals surface area contributed by atoms with E-state index in [1.165, 1.54) is 24.3 Å². The Kier molecular flexibility index (Phi) is 5.87. The highest BCUT2D eigenvalue weighted by Gasteiger charge is 2.62. The summed E-state index contributed by atoms with van der Waals surface area (Å²) in [5.41, 5.74) is 0.547. The van der Waals surface area contributed by atoms with Gasteiger partial charge in [-0.3, -0.25) is 9.59 Å². The fraction of sp³-hybridized carbons (Fsp3) is 0.704. The number of hydrogen-bond donors (Lipinski definition) is 1. The first-order valence-corrected chi connectivity index (χ1v) is 12.8. The Morgan fingerprint density at radius 1 is 1.00 bits per heavy atom. The Labute approximate surface area is 204 Å². The van der Waals surface area contributed by atoms with E-state index in [1.54, 1.807) is 0 Å². The molecule has 0 unspecified atom stereocenters. The van der Waals surface area contributed by atoms with Crippen molar-refractivity contribution < 1.29 is 27.5 Å². The van der Waals surface area contributed by atoms with Gasteiger partial charge in [-0.15, -0.1) is 13.2 Å². The second-order valence-electron chi connectivity index (χ2n) is 11.7. The van der Waals surface area contributed by atoms with Crippen molar-refractivity contribution in [2.45, 2.75) is 77.6 Å². The van der Waals surface area contributed by atoms with Crippen LogP contribution in [0.3, 0.4) is 0 Å². The van der Waals surface area contributed by atoms with Gasteiger partial charge in [-0.25, -0.2) is 0 Å². The van der Waals surface area contributed by atoms with Gasteiger partial charge in [0.1, 0.15) is 5.75 Å². The predicted octanol–water partition coefficient (Wildman–Crippen LogP) is 6.00. The molecule has 2 amide bonds. The van der Waals surface area contributed by atoms with Gasteiger partial charge in [0.15, 0.2) is 0 Å². The summed E-state index contributed by atoms with van der Waals surface area (Å²) in [4.78, 5) is 27.7. The quantitative estimate of drug-likeness (QED) is 0.563. The number of carbonyl (C=O) groups excluding carboxylic acids is 2. The molecular formula is C27H35F3N2O3. The van der Waals surface area contributed by atoms with Gasteiger partial charge in [-0.2, -0.15) is 0 Å². The lowest BCUT2D eigenvalue weighted by Gasteiger charge is -2.61. The fourth-order valence-electron chi connectivity index (χ4n) is 8.55. The highest BCUT2D eigenvalue weighted by molar-refractivity contribution is 5.93. The van der Waals surface area contributed by atoms with Crippen molar-refractivity contribution in [1.82, 2.24) is 4.90 Å². The molecule has 0 radical (unpaired) electrons. The van der Waals surface area contributed by atoms with E-state index in [-0.39, 0.29) is 34.3 Å². The van der Waals surface area contributed by atoms with Crippen LogP contribution in [0, 0.1) is 34.5 Å². The molecule has 5 rings (SSSR count). The van der Waals surface area contributed by atoms with Crippen LogP contribution in [-0.4, -0.2) is 36.2 Å². The van der Waals surface area contributed by atoms with Crippen LogP contribution in [-0.2, 0) is 9.59 Å². The van der Waals surface area contributed by atoms with Crippen LogP contribution in [0.4, 0.5) is 18.9 Å². The van der Waals surface area contributed by atoms with E-state index in [9.17, 15) is 22.8 Å². The highest BCUT2D eigenvalue weighted by atomic mass is 19.4. The molecule has 1 aliphatic heterocycles. The van der Waals surface area contributed by atoms with Gasteiger partial charge < -0.3 is 15.0 Å². The first kappa shape index (κ1) is 24.4. The molecule has 1 aromatic rings. The number of rotatable bonds is 3. The van der Waals surface area contributed by atoms with Gasteiger partial charge >= 0.3 is 6.36 Å². The molecule has 3 aliphatic carbocycles. The van der Waals surface area contributed by atoms with Crippen LogP contribution >= 0.6 is 0 Å². The Hall–Kier alpha value is -2.25. The number of amides is 2. The van der Waals surface area contributed by atoms with Crippen LogP contribution in [0.15, 0.2) is 24.3 Å². The van der Waals surface area contributed by atoms with Crippen molar-refractivity contribution in [3.05, 3.63) is 24.3 Å². The predicted molar refractivity (Wildman–Crippen MR) is 125 cm³/mol. The van der Waals surface area contributed by atoms with E-state index in [4.69, 9.17) is 0 Å². The molecule has 1 heterocycles. The summed E-state index contributed by atoms with van der Waals surface area (Å²) >= 11 is 0. The van der Waals surface area contributed by atoms with Crippen molar-refractivity contribution in [2.75, 3.05) is 12.4 Å². The van der Waals surface area contributed by atoms with E-state index in [0.29, 0.717) is 35.9 Å². The Bertz CT molecular complexity index is 996. The number of piperidine rings is 1. The molecule has 0 spiro atoms. The largest absolute Gasteiger partial charge is 0.573 e. The summed E-state index contributed by atoms with van der Waals surface area (Å²) < 4.78 is 41.2. The lowest BCUT2D eigenvalue weighted by molar-refractivity contribution is -0.274. The number of likely N-dealkylation sites (tertiary alicyclic amines) is 1. The lowest BCUT2D eigenvalue weighted by Crippen LogP contribution is -2.61. The number of fused-ring (bicyclic) bond motifs is 5. The molecular weight excluding hydrogens is 457 g/mol. The zero-order valence-corrected chi connectivity index (χ0v) is 20.7. The van der Waals surface area contributed by atoms with Crippen LogP contribution < -0.4 is 10.1 Å². The summed E-state index contributed by atoms with van der Waals surface area (Å²) in [6, 6.07) is 5.66. The highest BCUT2D eigenvalue weighted by Crippen LogP contribution is 2.66. The molecule has 1 N–H and O–H groups in total. The van der Waals surface area contributed by atoms with Gasteiger partial charge in [0, 0.05) is 31.1 Å². The number of alkyl halides is 3. The summed E-state index contributed by atoms with van der Waals surface area (Å²) in [6.45, 7) is 4.67. The summed E-state index contributed by atoms with van der Waals surface area (Å²) in [5.74, 6) is 1.45. The molecule has 4 fully saturated rings. The molecule has 3 saturated carbocycles. The van der Waals surface area contributed by atoms with Crippen molar-refractivity contribution in [3.63, 3.8) is 0 Å². The van der Waals surface area contributed by atoms with Gasteiger partial charge in [-0.05, 0) is 97.8 Å². The Balaban J connectivity index is 1.29. The molecule has 0 bridgehead atoms. The number of benzene rings is 1. The molecule has 7 atom stereocenters. The third-order valence-corrected chi connectivity index (χ3v) is 10.2. The zero-order chi connectivity index (χ0) is 25.2. The molecule has 0 aromatic heterocycles. The van der Waals surface area contributed by atoms with E-state index in [1.807, 2.05) is 11.9 Å². The minimum absolute atomic E-state index is 0.0409.